The summed E-state index contributed by atoms with van der Waals surface area (Å²) in [6.07, 6.45) is 0. The van der Waals surface area contributed by atoms with Crippen LogP contribution in [0, 0.1) is 11.3 Å². The first-order valence-corrected chi connectivity index (χ1v) is 14.2. The summed E-state index contributed by atoms with van der Waals surface area (Å²) >= 11 is 1.16. The Hall–Kier alpha value is -5.26. The first-order valence-electron chi connectivity index (χ1n) is 13.2. The van der Waals surface area contributed by atoms with E-state index in [1.807, 2.05) is 84.9 Å². The largest absolute Gasteiger partial charge is 0.489 e. The summed E-state index contributed by atoms with van der Waals surface area (Å²) in [5.74, 6) is 1.85. The van der Waals surface area contributed by atoms with Crippen LogP contribution in [0.2, 0.25) is 0 Å². The number of pyridine rings is 1. The Balaban J connectivity index is 1.19. The van der Waals surface area contributed by atoms with Crippen molar-refractivity contribution in [2.24, 2.45) is 0 Å². The van der Waals surface area contributed by atoms with E-state index in [0.29, 0.717) is 51.5 Å². The number of rotatable bonds is 9. The van der Waals surface area contributed by atoms with E-state index in [1.165, 1.54) is 0 Å². The molecule has 1 aromatic heterocycles. The summed E-state index contributed by atoms with van der Waals surface area (Å²) in [4.78, 5) is 17.6. The van der Waals surface area contributed by atoms with Crippen LogP contribution in [0.15, 0.2) is 114 Å². The zero-order valence-corrected chi connectivity index (χ0v) is 23.2. The number of hydrogen-bond acceptors (Lipinski definition) is 8. The first kappa shape index (κ1) is 26.9. The predicted molar refractivity (Wildman–Crippen MR) is 160 cm³/mol. The van der Waals surface area contributed by atoms with Gasteiger partial charge in [0.25, 0.3) is 0 Å². The van der Waals surface area contributed by atoms with Crippen LogP contribution in [0.1, 0.15) is 11.1 Å². The third-order valence-electron chi connectivity index (χ3n) is 6.48. The van der Waals surface area contributed by atoms with E-state index < -0.39 is 5.97 Å². The van der Waals surface area contributed by atoms with Crippen LogP contribution in [0.4, 0.5) is 0 Å². The van der Waals surface area contributed by atoms with Crippen LogP contribution in [0.5, 0.6) is 23.0 Å². The number of thioether (sulfide) groups is 1. The molecular formula is C34H24N2O5S. The zero-order chi connectivity index (χ0) is 28.7. The van der Waals surface area contributed by atoms with E-state index in [-0.39, 0.29) is 12.5 Å². The Morgan fingerprint density at radius 3 is 2.31 bits per heavy atom. The molecule has 7 nitrogen and oxygen atoms in total. The van der Waals surface area contributed by atoms with Gasteiger partial charge in [-0.3, -0.25) is 4.79 Å². The summed E-state index contributed by atoms with van der Waals surface area (Å²) in [5, 5.41) is 10.6. The van der Waals surface area contributed by atoms with E-state index >= 15 is 0 Å². The fraction of sp³-hybridized carbons (Fsp3) is 0.0882. The summed E-state index contributed by atoms with van der Waals surface area (Å²) in [5.41, 5.74) is 4.48. The molecule has 0 aliphatic carbocycles. The Bertz CT molecular complexity index is 1750. The lowest BCUT2D eigenvalue weighted by Gasteiger charge is -2.13. The van der Waals surface area contributed by atoms with Gasteiger partial charge in [-0.2, -0.15) is 5.26 Å². The third-order valence-corrected chi connectivity index (χ3v) is 7.43. The number of fused-ring (bicyclic) bond motifs is 1. The van der Waals surface area contributed by atoms with Gasteiger partial charge in [-0.1, -0.05) is 78.5 Å². The first-order chi connectivity index (χ1) is 20.7. The molecule has 1 aliphatic rings. The van der Waals surface area contributed by atoms with Gasteiger partial charge in [0.15, 0.2) is 11.5 Å². The molecule has 0 radical (unpaired) electrons. The monoisotopic (exact) mass is 572 g/mol. The highest BCUT2D eigenvalue weighted by Crippen LogP contribution is 2.39. The van der Waals surface area contributed by atoms with Crippen LogP contribution in [-0.4, -0.2) is 23.5 Å². The number of carbonyl (C=O) groups excluding carboxylic acids is 1. The molecule has 0 saturated heterocycles. The van der Waals surface area contributed by atoms with Crippen molar-refractivity contribution in [3.63, 3.8) is 0 Å². The maximum absolute atomic E-state index is 12.8. The number of nitriles is 1. The molecule has 0 N–H and O–H groups in total. The molecule has 0 spiro atoms. The van der Waals surface area contributed by atoms with Crippen molar-refractivity contribution < 1.29 is 23.7 Å². The smallest absolute Gasteiger partial charge is 0.321 e. The van der Waals surface area contributed by atoms with Crippen LogP contribution in [-0.2, 0) is 11.4 Å². The van der Waals surface area contributed by atoms with E-state index in [0.717, 1.165) is 28.5 Å². The van der Waals surface area contributed by atoms with Crippen molar-refractivity contribution in [2.45, 2.75) is 11.6 Å². The normalized spacial score (nSPS) is 11.5. The van der Waals surface area contributed by atoms with Gasteiger partial charge in [0.1, 0.15) is 29.2 Å². The second kappa shape index (κ2) is 12.5. The van der Waals surface area contributed by atoms with E-state index in [4.69, 9.17) is 23.9 Å². The molecule has 6 rings (SSSR count). The van der Waals surface area contributed by atoms with Crippen molar-refractivity contribution in [1.82, 2.24) is 4.98 Å². The number of ether oxygens (including phenoxy) is 4. The van der Waals surface area contributed by atoms with Crippen LogP contribution >= 0.6 is 11.8 Å². The van der Waals surface area contributed by atoms with Crippen LogP contribution in [0.3, 0.4) is 0 Å². The molecule has 0 atom stereocenters. The molecule has 2 heterocycles. The quantitative estimate of drug-likeness (QED) is 0.103. The molecule has 1 aliphatic heterocycles. The van der Waals surface area contributed by atoms with Gasteiger partial charge in [-0.25, -0.2) is 4.98 Å². The fourth-order valence-corrected chi connectivity index (χ4v) is 5.19. The number of aromatic nitrogens is 1. The summed E-state index contributed by atoms with van der Waals surface area (Å²) in [6, 6.07) is 36.2. The van der Waals surface area contributed by atoms with Crippen LogP contribution < -0.4 is 18.9 Å². The molecule has 206 valence electrons. The standard InChI is InChI=1S/C34H24N2O5S/c35-19-29-28(25-11-16-31-32(17-25)40-22-39-31)18-30(24-9-5-2-6-10-24)36-34(29)42-21-33(37)41-27-14-12-26(13-15-27)38-20-23-7-3-1-4-8-23/h1-18H,20-22H2. The average molecular weight is 573 g/mol. The predicted octanol–water partition coefficient (Wildman–Crippen LogP) is 7.29. The highest BCUT2D eigenvalue weighted by atomic mass is 32.2. The summed E-state index contributed by atoms with van der Waals surface area (Å²) in [6.45, 7) is 0.600. The number of hydrogen-bond donors (Lipinski definition) is 0. The molecule has 4 aromatic carbocycles. The van der Waals surface area contributed by atoms with E-state index in [9.17, 15) is 10.1 Å². The minimum atomic E-state index is -0.460. The zero-order valence-electron chi connectivity index (χ0n) is 22.4. The minimum Gasteiger partial charge on any atom is -0.489 e. The van der Waals surface area contributed by atoms with Crippen molar-refractivity contribution in [3.8, 4) is 51.5 Å². The van der Waals surface area contributed by atoms with Crippen LogP contribution in [0.25, 0.3) is 22.4 Å². The van der Waals surface area contributed by atoms with Gasteiger partial charge in [0.05, 0.1) is 17.0 Å². The summed E-state index contributed by atoms with van der Waals surface area (Å²) < 4.78 is 22.4. The fourth-order valence-electron chi connectivity index (χ4n) is 4.42. The Kier molecular flexibility index (Phi) is 8.02. The Morgan fingerprint density at radius 1 is 0.833 bits per heavy atom. The van der Waals surface area contributed by atoms with Gasteiger partial charge in [0, 0.05) is 11.1 Å². The number of carbonyl (C=O) groups is 1. The topological polar surface area (TPSA) is 90.7 Å². The molecule has 42 heavy (non-hydrogen) atoms. The number of nitrogens with zero attached hydrogens (tertiary/aromatic N) is 2. The van der Waals surface area contributed by atoms with Crippen molar-refractivity contribution in [3.05, 3.63) is 120 Å². The lowest BCUT2D eigenvalue weighted by Crippen LogP contribution is -2.11. The van der Waals surface area contributed by atoms with E-state index in [1.54, 1.807) is 24.3 Å². The molecule has 0 unspecified atom stereocenters. The minimum absolute atomic E-state index is 0.0350. The van der Waals surface area contributed by atoms with Crippen molar-refractivity contribution >= 4 is 17.7 Å². The molecular weight excluding hydrogens is 548 g/mol. The van der Waals surface area contributed by atoms with Gasteiger partial charge < -0.3 is 18.9 Å². The average Bonchev–Trinajstić information content (AvgIpc) is 3.52. The lowest BCUT2D eigenvalue weighted by molar-refractivity contribution is -0.131. The maximum atomic E-state index is 12.8. The molecule has 0 amide bonds. The molecule has 0 saturated carbocycles. The van der Waals surface area contributed by atoms with Crippen molar-refractivity contribution in [2.75, 3.05) is 12.5 Å². The SMILES string of the molecule is N#Cc1c(-c2ccc3c(c2)OCO3)cc(-c2ccccc2)nc1SCC(=O)Oc1ccc(OCc2ccccc2)cc1. The van der Waals surface area contributed by atoms with Gasteiger partial charge in [-0.05, 0) is 53.6 Å². The third kappa shape index (κ3) is 6.22. The highest BCUT2D eigenvalue weighted by Gasteiger charge is 2.20. The van der Waals surface area contributed by atoms with Crippen molar-refractivity contribution in [1.29, 1.82) is 5.26 Å². The van der Waals surface area contributed by atoms with E-state index in [2.05, 4.69) is 6.07 Å². The second-order valence-electron chi connectivity index (χ2n) is 9.29. The Labute approximate surface area is 247 Å². The summed E-state index contributed by atoms with van der Waals surface area (Å²) in [7, 11) is 0. The second-order valence-corrected chi connectivity index (χ2v) is 10.3. The van der Waals surface area contributed by atoms with Gasteiger partial charge >= 0.3 is 5.97 Å². The molecule has 5 aromatic rings. The molecule has 0 fully saturated rings. The lowest BCUT2D eigenvalue weighted by atomic mass is 9.99. The number of benzene rings is 4. The van der Waals surface area contributed by atoms with Gasteiger partial charge in [-0.15, -0.1) is 0 Å². The molecule has 0 bridgehead atoms. The number of esters is 1. The maximum Gasteiger partial charge on any atom is 0.321 e. The Morgan fingerprint density at radius 2 is 1.55 bits per heavy atom. The highest BCUT2D eigenvalue weighted by molar-refractivity contribution is 7.99. The van der Waals surface area contributed by atoms with Gasteiger partial charge in [0.2, 0.25) is 6.79 Å². The molecule has 8 heteroatoms.